The summed E-state index contributed by atoms with van der Waals surface area (Å²) < 4.78 is 5.68. The normalized spacial score (nSPS) is 12.4. The Kier molecular flexibility index (Phi) is 3.81. The lowest BCUT2D eigenvalue weighted by Gasteiger charge is -2.14. The van der Waals surface area contributed by atoms with Gasteiger partial charge in [0, 0.05) is 22.3 Å². The third-order valence-corrected chi connectivity index (χ3v) is 3.09. The van der Waals surface area contributed by atoms with Gasteiger partial charge in [0.05, 0.1) is 0 Å². The summed E-state index contributed by atoms with van der Waals surface area (Å²) in [6, 6.07) is 7.84. The average Bonchev–Trinajstić information content (AvgIpc) is 2.75. The van der Waals surface area contributed by atoms with Crippen LogP contribution in [0.5, 0.6) is 5.75 Å². The molecule has 0 radical (unpaired) electrons. The molecule has 0 aliphatic heterocycles. The number of aliphatic hydroxyl groups is 1. The second-order valence-electron chi connectivity index (χ2n) is 4.95. The quantitative estimate of drug-likeness (QED) is 0.790. The molecule has 4 N–H and O–H groups in total. The molecule has 0 bridgehead atoms. The molecule has 0 aliphatic carbocycles. The number of hydrogen-bond acceptors (Lipinski definition) is 3. The van der Waals surface area contributed by atoms with Crippen LogP contribution in [-0.4, -0.2) is 22.8 Å². The minimum atomic E-state index is -0.778. The maximum Gasteiger partial charge on any atom is 0.128 e. The topological polar surface area (TPSA) is 71.3 Å². The summed E-state index contributed by atoms with van der Waals surface area (Å²) in [7, 11) is 0. The molecule has 4 heteroatoms. The van der Waals surface area contributed by atoms with Gasteiger partial charge in [0.25, 0.3) is 0 Å². The Morgan fingerprint density at radius 3 is 2.84 bits per heavy atom. The van der Waals surface area contributed by atoms with Gasteiger partial charge in [-0.25, -0.2) is 0 Å². The van der Waals surface area contributed by atoms with Gasteiger partial charge in [-0.3, -0.25) is 0 Å². The molecule has 102 valence electrons. The van der Waals surface area contributed by atoms with E-state index in [-0.39, 0.29) is 6.61 Å². The van der Waals surface area contributed by atoms with Crippen molar-refractivity contribution in [2.45, 2.75) is 26.9 Å². The number of benzene rings is 1. The first kappa shape index (κ1) is 13.5. The van der Waals surface area contributed by atoms with Crippen molar-refractivity contribution in [3.05, 3.63) is 41.2 Å². The monoisotopic (exact) mass is 260 g/mol. The number of aromatic amines is 1. The third kappa shape index (κ3) is 2.90. The highest BCUT2D eigenvalue weighted by molar-refractivity contribution is 5.86. The fourth-order valence-electron chi connectivity index (χ4n) is 1.98. The molecule has 0 aliphatic rings. The lowest BCUT2D eigenvalue weighted by atomic mass is 10.2. The number of rotatable bonds is 4. The standard InChI is InChI=1S/C15H20N2O2/c1-9(2)15(16)13(18)8-19-14-6-4-5-12-11(14)7-10(3)17-12/h4-7,13,17-18H,8,16H2,1-3H3. The van der Waals surface area contributed by atoms with Crippen LogP contribution in [-0.2, 0) is 0 Å². The van der Waals surface area contributed by atoms with Gasteiger partial charge in [0.1, 0.15) is 18.5 Å². The number of hydrogen-bond donors (Lipinski definition) is 3. The third-order valence-electron chi connectivity index (χ3n) is 3.09. The van der Waals surface area contributed by atoms with Crippen LogP contribution in [0.15, 0.2) is 35.5 Å². The lowest BCUT2D eigenvalue weighted by Crippen LogP contribution is -2.25. The molecule has 1 aromatic heterocycles. The number of aryl methyl sites for hydroxylation is 1. The van der Waals surface area contributed by atoms with Gasteiger partial charge < -0.3 is 20.6 Å². The smallest absolute Gasteiger partial charge is 0.128 e. The van der Waals surface area contributed by atoms with Gasteiger partial charge in [0.15, 0.2) is 0 Å². The van der Waals surface area contributed by atoms with Crippen molar-refractivity contribution in [2.24, 2.45) is 5.73 Å². The first-order valence-corrected chi connectivity index (χ1v) is 6.31. The van der Waals surface area contributed by atoms with Crippen molar-refractivity contribution in [3.63, 3.8) is 0 Å². The highest BCUT2D eigenvalue weighted by atomic mass is 16.5. The number of fused-ring (bicyclic) bond motifs is 1. The van der Waals surface area contributed by atoms with E-state index >= 15 is 0 Å². The predicted molar refractivity (Wildman–Crippen MR) is 77.1 cm³/mol. The Labute approximate surface area is 112 Å². The van der Waals surface area contributed by atoms with Crippen LogP contribution in [0.4, 0.5) is 0 Å². The van der Waals surface area contributed by atoms with Crippen LogP contribution < -0.4 is 10.5 Å². The Bertz CT molecular complexity index is 610. The van der Waals surface area contributed by atoms with Gasteiger partial charge in [0.2, 0.25) is 0 Å². The summed E-state index contributed by atoms with van der Waals surface area (Å²) in [6.07, 6.45) is -0.778. The number of aliphatic hydroxyl groups excluding tert-OH is 1. The fraction of sp³-hybridized carbons (Fsp3) is 0.333. The van der Waals surface area contributed by atoms with E-state index in [1.807, 2.05) is 45.0 Å². The molecule has 0 spiro atoms. The van der Waals surface area contributed by atoms with E-state index in [1.54, 1.807) is 0 Å². The molecule has 0 amide bonds. The molecule has 1 aromatic carbocycles. The first-order chi connectivity index (χ1) is 8.99. The zero-order valence-corrected chi connectivity index (χ0v) is 11.5. The highest BCUT2D eigenvalue weighted by Crippen LogP contribution is 2.26. The van der Waals surface area contributed by atoms with Crippen LogP contribution in [0.3, 0.4) is 0 Å². The van der Waals surface area contributed by atoms with E-state index in [4.69, 9.17) is 10.5 Å². The summed E-state index contributed by atoms with van der Waals surface area (Å²) in [5, 5.41) is 10.9. The Morgan fingerprint density at radius 2 is 2.16 bits per heavy atom. The van der Waals surface area contributed by atoms with Gasteiger partial charge in [-0.1, -0.05) is 11.6 Å². The molecule has 0 fully saturated rings. The maximum atomic E-state index is 9.91. The van der Waals surface area contributed by atoms with Crippen LogP contribution in [0.25, 0.3) is 10.9 Å². The minimum Gasteiger partial charge on any atom is -0.490 e. The summed E-state index contributed by atoms with van der Waals surface area (Å²) in [4.78, 5) is 3.25. The van der Waals surface area contributed by atoms with Crippen molar-refractivity contribution in [1.82, 2.24) is 4.98 Å². The average molecular weight is 260 g/mol. The zero-order valence-electron chi connectivity index (χ0n) is 11.5. The van der Waals surface area contributed by atoms with Crippen molar-refractivity contribution in [1.29, 1.82) is 0 Å². The Hall–Kier alpha value is -1.94. The van der Waals surface area contributed by atoms with Crippen molar-refractivity contribution >= 4 is 10.9 Å². The summed E-state index contributed by atoms with van der Waals surface area (Å²) in [5.41, 5.74) is 9.27. The van der Waals surface area contributed by atoms with Crippen LogP contribution in [0, 0.1) is 6.92 Å². The number of nitrogens with two attached hydrogens (primary N) is 1. The lowest BCUT2D eigenvalue weighted by molar-refractivity contribution is 0.134. The maximum absolute atomic E-state index is 9.91. The second-order valence-corrected chi connectivity index (χ2v) is 4.95. The Morgan fingerprint density at radius 1 is 1.42 bits per heavy atom. The van der Waals surface area contributed by atoms with Gasteiger partial charge in [-0.15, -0.1) is 0 Å². The van der Waals surface area contributed by atoms with E-state index < -0.39 is 6.10 Å². The van der Waals surface area contributed by atoms with Gasteiger partial charge in [-0.2, -0.15) is 0 Å². The number of H-pyrrole nitrogens is 1. The highest BCUT2D eigenvalue weighted by Gasteiger charge is 2.11. The summed E-state index contributed by atoms with van der Waals surface area (Å²) in [6.45, 7) is 5.89. The minimum absolute atomic E-state index is 0.153. The first-order valence-electron chi connectivity index (χ1n) is 6.31. The summed E-state index contributed by atoms with van der Waals surface area (Å²) in [5.74, 6) is 0.752. The molecule has 2 rings (SSSR count). The van der Waals surface area contributed by atoms with Gasteiger partial charge in [-0.05, 0) is 39.0 Å². The Balaban J connectivity index is 2.16. The molecular formula is C15H20N2O2. The molecular weight excluding hydrogens is 240 g/mol. The number of ether oxygens (including phenoxy) is 1. The van der Waals surface area contributed by atoms with Crippen molar-refractivity contribution < 1.29 is 9.84 Å². The van der Waals surface area contributed by atoms with Crippen LogP contribution >= 0.6 is 0 Å². The molecule has 1 unspecified atom stereocenters. The van der Waals surface area contributed by atoms with E-state index in [0.717, 1.165) is 27.9 Å². The zero-order chi connectivity index (χ0) is 14.0. The summed E-state index contributed by atoms with van der Waals surface area (Å²) >= 11 is 0. The molecule has 1 atom stereocenters. The molecule has 2 aromatic rings. The molecule has 4 nitrogen and oxygen atoms in total. The SMILES string of the molecule is CC(C)=C(N)C(O)COc1cccc2[nH]c(C)cc12. The largest absolute Gasteiger partial charge is 0.490 e. The fourth-order valence-corrected chi connectivity index (χ4v) is 1.98. The van der Waals surface area contributed by atoms with E-state index in [2.05, 4.69) is 4.98 Å². The number of nitrogens with one attached hydrogen (secondary N) is 1. The van der Waals surface area contributed by atoms with Gasteiger partial charge >= 0.3 is 0 Å². The van der Waals surface area contributed by atoms with Crippen molar-refractivity contribution in [2.75, 3.05) is 6.61 Å². The van der Waals surface area contributed by atoms with Crippen LogP contribution in [0.2, 0.25) is 0 Å². The molecule has 19 heavy (non-hydrogen) atoms. The number of aromatic nitrogens is 1. The van der Waals surface area contributed by atoms with E-state index in [0.29, 0.717) is 5.70 Å². The number of allylic oxidation sites excluding steroid dienone is 1. The van der Waals surface area contributed by atoms with E-state index in [9.17, 15) is 5.11 Å². The van der Waals surface area contributed by atoms with Crippen LogP contribution in [0.1, 0.15) is 19.5 Å². The predicted octanol–water partition coefficient (Wildman–Crippen LogP) is 2.47. The van der Waals surface area contributed by atoms with Crippen molar-refractivity contribution in [3.8, 4) is 5.75 Å². The second kappa shape index (κ2) is 5.36. The molecule has 0 saturated carbocycles. The molecule has 0 saturated heterocycles. The van der Waals surface area contributed by atoms with E-state index in [1.165, 1.54) is 0 Å². The molecule has 1 heterocycles.